The molecule has 1 fully saturated rings. The molecule has 7 heteroatoms. The fourth-order valence-corrected chi connectivity index (χ4v) is 1.95. The maximum Gasteiger partial charge on any atom is 0.238 e. The van der Waals surface area contributed by atoms with Gasteiger partial charge in [-0.2, -0.15) is 0 Å². The first-order valence-corrected chi connectivity index (χ1v) is 6.78. The molecule has 0 bridgehead atoms. The molecule has 0 spiro atoms. The Kier molecular flexibility index (Phi) is 5.72. The van der Waals surface area contributed by atoms with E-state index in [1.165, 1.54) is 0 Å². The van der Waals surface area contributed by atoms with E-state index in [4.69, 9.17) is 10.5 Å². The highest BCUT2D eigenvalue weighted by Crippen LogP contribution is 2.09. The zero-order valence-electron chi connectivity index (χ0n) is 11.5. The number of nitrogens with two attached hydrogens (primary N) is 1. The van der Waals surface area contributed by atoms with Gasteiger partial charge in [-0.25, -0.2) is 4.98 Å². The summed E-state index contributed by atoms with van der Waals surface area (Å²) in [6.07, 6.45) is 1.62. The van der Waals surface area contributed by atoms with E-state index >= 15 is 0 Å². The molecule has 2 rings (SSSR count). The van der Waals surface area contributed by atoms with Gasteiger partial charge < -0.3 is 21.1 Å². The summed E-state index contributed by atoms with van der Waals surface area (Å²) in [5, 5.41) is 5.91. The van der Waals surface area contributed by atoms with Crippen molar-refractivity contribution in [3.63, 3.8) is 0 Å². The van der Waals surface area contributed by atoms with Gasteiger partial charge in [-0.1, -0.05) is 0 Å². The van der Waals surface area contributed by atoms with Crippen LogP contribution in [0.4, 0.5) is 11.5 Å². The minimum absolute atomic E-state index is 0.0282. The predicted octanol–water partition coefficient (Wildman–Crippen LogP) is -0.277. The van der Waals surface area contributed by atoms with Crippen molar-refractivity contribution in [2.45, 2.75) is 0 Å². The Hall–Kier alpha value is -1.70. The average molecular weight is 279 g/mol. The van der Waals surface area contributed by atoms with E-state index < -0.39 is 0 Å². The Labute approximate surface area is 118 Å². The summed E-state index contributed by atoms with van der Waals surface area (Å²) in [7, 11) is 0. The van der Waals surface area contributed by atoms with Crippen LogP contribution >= 0.6 is 0 Å². The highest BCUT2D eigenvalue weighted by Gasteiger charge is 2.09. The Bertz CT molecular complexity index is 417. The largest absolute Gasteiger partial charge is 0.379 e. The van der Waals surface area contributed by atoms with Gasteiger partial charge in [0.05, 0.1) is 31.6 Å². The smallest absolute Gasteiger partial charge is 0.238 e. The maximum atomic E-state index is 11.1. The molecule has 0 atom stereocenters. The third-order valence-electron chi connectivity index (χ3n) is 3.07. The summed E-state index contributed by atoms with van der Waals surface area (Å²) in [6.45, 7) is 5.37. The van der Waals surface area contributed by atoms with Crippen LogP contribution in [0.5, 0.6) is 0 Å². The third kappa shape index (κ3) is 4.76. The van der Waals surface area contributed by atoms with E-state index in [0.29, 0.717) is 5.69 Å². The van der Waals surface area contributed by atoms with Crippen molar-refractivity contribution in [1.82, 2.24) is 9.88 Å². The molecule has 1 amide bonds. The summed E-state index contributed by atoms with van der Waals surface area (Å²) in [5.41, 5.74) is 5.88. The van der Waals surface area contributed by atoms with Crippen molar-refractivity contribution < 1.29 is 9.53 Å². The number of aromatic nitrogens is 1. The minimum atomic E-state index is -0.222. The molecule has 0 aliphatic carbocycles. The van der Waals surface area contributed by atoms with Crippen LogP contribution in [0.3, 0.4) is 0 Å². The van der Waals surface area contributed by atoms with Gasteiger partial charge in [0, 0.05) is 26.2 Å². The number of nitrogens with one attached hydrogen (secondary N) is 2. The highest BCUT2D eigenvalue weighted by molar-refractivity contribution is 5.91. The van der Waals surface area contributed by atoms with E-state index in [9.17, 15) is 4.79 Å². The Balaban J connectivity index is 1.71. The number of nitrogens with zero attached hydrogens (tertiary/aromatic N) is 2. The third-order valence-corrected chi connectivity index (χ3v) is 3.07. The molecule has 110 valence electrons. The monoisotopic (exact) mass is 279 g/mol. The standard InChI is InChI=1S/C13H21N5O2/c14-9-13(19)17-11-1-2-12(16-10-11)15-3-4-18-5-7-20-8-6-18/h1-2,10H,3-9,14H2,(H,15,16)(H,17,19). The molecule has 1 aromatic heterocycles. The van der Waals surface area contributed by atoms with Crippen LogP contribution < -0.4 is 16.4 Å². The first-order chi connectivity index (χ1) is 9.78. The van der Waals surface area contributed by atoms with Crippen LogP contribution in [0.1, 0.15) is 0 Å². The van der Waals surface area contributed by atoms with Crippen molar-refractivity contribution in [3.05, 3.63) is 18.3 Å². The van der Waals surface area contributed by atoms with Gasteiger partial charge >= 0.3 is 0 Å². The molecule has 0 saturated carbocycles. The summed E-state index contributed by atoms with van der Waals surface area (Å²) in [5.74, 6) is 0.573. The zero-order valence-corrected chi connectivity index (χ0v) is 11.5. The van der Waals surface area contributed by atoms with E-state index in [2.05, 4.69) is 20.5 Å². The fourth-order valence-electron chi connectivity index (χ4n) is 1.95. The van der Waals surface area contributed by atoms with Crippen molar-refractivity contribution in [2.24, 2.45) is 5.73 Å². The molecular weight excluding hydrogens is 258 g/mol. The van der Waals surface area contributed by atoms with Gasteiger partial charge in [0.2, 0.25) is 5.91 Å². The molecule has 2 heterocycles. The zero-order chi connectivity index (χ0) is 14.2. The quantitative estimate of drug-likeness (QED) is 0.663. The molecule has 0 unspecified atom stereocenters. The molecule has 4 N–H and O–H groups in total. The molecule has 1 aromatic rings. The van der Waals surface area contributed by atoms with Crippen molar-refractivity contribution in [1.29, 1.82) is 0 Å². The van der Waals surface area contributed by atoms with E-state index in [-0.39, 0.29) is 12.5 Å². The number of amides is 1. The number of morpholine rings is 1. The number of ether oxygens (including phenoxy) is 1. The lowest BCUT2D eigenvalue weighted by molar-refractivity contribution is -0.114. The van der Waals surface area contributed by atoms with Crippen molar-refractivity contribution >= 4 is 17.4 Å². The second-order valence-corrected chi connectivity index (χ2v) is 4.57. The topological polar surface area (TPSA) is 92.5 Å². The fraction of sp³-hybridized carbons (Fsp3) is 0.538. The molecule has 20 heavy (non-hydrogen) atoms. The van der Waals surface area contributed by atoms with Crippen molar-refractivity contribution in [2.75, 3.05) is 56.6 Å². The van der Waals surface area contributed by atoms with E-state index in [1.807, 2.05) is 6.07 Å². The second kappa shape index (κ2) is 7.78. The normalized spacial score (nSPS) is 15.8. The first kappa shape index (κ1) is 14.7. The van der Waals surface area contributed by atoms with Gasteiger partial charge in [-0.15, -0.1) is 0 Å². The highest BCUT2D eigenvalue weighted by atomic mass is 16.5. The molecule has 1 aliphatic heterocycles. The summed E-state index contributed by atoms with van der Waals surface area (Å²) >= 11 is 0. The van der Waals surface area contributed by atoms with Crippen LogP contribution in [0.2, 0.25) is 0 Å². The van der Waals surface area contributed by atoms with Gasteiger partial charge in [-0.05, 0) is 12.1 Å². The number of hydrogen-bond acceptors (Lipinski definition) is 6. The SMILES string of the molecule is NCC(=O)Nc1ccc(NCCN2CCOCC2)nc1. The summed E-state index contributed by atoms with van der Waals surface area (Å²) < 4.78 is 5.30. The first-order valence-electron chi connectivity index (χ1n) is 6.78. The lowest BCUT2D eigenvalue weighted by Gasteiger charge is -2.26. The van der Waals surface area contributed by atoms with Crippen LogP contribution in [-0.4, -0.2) is 61.7 Å². The van der Waals surface area contributed by atoms with E-state index in [0.717, 1.165) is 45.2 Å². The average Bonchev–Trinajstić information content (AvgIpc) is 2.50. The van der Waals surface area contributed by atoms with Gasteiger partial charge in [0.15, 0.2) is 0 Å². The molecule has 0 aromatic carbocycles. The van der Waals surface area contributed by atoms with Gasteiger partial charge in [-0.3, -0.25) is 9.69 Å². The number of carbonyl (C=O) groups is 1. The van der Waals surface area contributed by atoms with Crippen LogP contribution in [-0.2, 0) is 9.53 Å². The van der Waals surface area contributed by atoms with E-state index in [1.54, 1.807) is 12.3 Å². The molecule has 1 aliphatic rings. The lowest BCUT2D eigenvalue weighted by Crippen LogP contribution is -2.39. The van der Waals surface area contributed by atoms with Crippen molar-refractivity contribution in [3.8, 4) is 0 Å². The van der Waals surface area contributed by atoms with Crippen LogP contribution in [0, 0.1) is 0 Å². The molecule has 7 nitrogen and oxygen atoms in total. The lowest BCUT2D eigenvalue weighted by atomic mass is 10.3. The number of carbonyl (C=O) groups excluding carboxylic acids is 1. The predicted molar refractivity (Wildman–Crippen MR) is 77.7 cm³/mol. The Morgan fingerprint density at radius 3 is 2.85 bits per heavy atom. The molecular formula is C13H21N5O2. The number of pyridine rings is 1. The number of rotatable bonds is 6. The molecule has 1 saturated heterocycles. The number of hydrogen-bond donors (Lipinski definition) is 3. The number of anilines is 2. The minimum Gasteiger partial charge on any atom is -0.379 e. The Morgan fingerprint density at radius 2 is 2.20 bits per heavy atom. The van der Waals surface area contributed by atoms with Crippen LogP contribution in [0.15, 0.2) is 18.3 Å². The van der Waals surface area contributed by atoms with Gasteiger partial charge in [0.25, 0.3) is 0 Å². The van der Waals surface area contributed by atoms with Gasteiger partial charge in [0.1, 0.15) is 5.82 Å². The summed E-state index contributed by atoms with van der Waals surface area (Å²) in [4.78, 5) is 17.7. The molecule has 0 radical (unpaired) electrons. The van der Waals surface area contributed by atoms with Crippen LogP contribution in [0.25, 0.3) is 0 Å². The summed E-state index contributed by atoms with van der Waals surface area (Å²) in [6, 6.07) is 3.64. The maximum absolute atomic E-state index is 11.1. The second-order valence-electron chi connectivity index (χ2n) is 4.57. The Morgan fingerprint density at radius 1 is 1.40 bits per heavy atom.